The van der Waals surface area contributed by atoms with E-state index >= 15 is 0 Å². The van der Waals surface area contributed by atoms with Crippen molar-refractivity contribution in [3.8, 4) is 0 Å². The summed E-state index contributed by atoms with van der Waals surface area (Å²) in [6.07, 6.45) is 4.23. The third kappa shape index (κ3) is 6.89. The summed E-state index contributed by atoms with van der Waals surface area (Å²) in [5, 5.41) is 9.06. The summed E-state index contributed by atoms with van der Waals surface area (Å²) >= 11 is 0. The normalized spacial score (nSPS) is 12.6. The molecule has 0 saturated heterocycles. The highest BCUT2D eigenvalue weighted by atomic mass is 16.3. The Morgan fingerprint density at radius 3 is 2.57 bits per heavy atom. The van der Waals surface area contributed by atoms with Crippen LogP contribution in [0.4, 0.5) is 0 Å². The Labute approximate surface area is 87.1 Å². The van der Waals surface area contributed by atoms with Gasteiger partial charge in [0, 0.05) is 20.0 Å². The van der Waals surface area contributed by atoms with E-state index in [4.69, 9.17) is 5.11 Å². The lowest BCUT2D eigenvalue weighted by molar-refractivity contribution is -0.130. The van der Waals surface area contributed by atoms with E-state index in [9.17, 15) is 4.79 Å². The predicted octanol–water partition coefficient (Wildman–Crippen LogP) is 1.80. The molecule has 0 aromatic carbocycles. The molecule has 0 bridgehead atoms. The second-order valence-corrected chi connectivity index (χ2v) is 3.91. The molecule has 0 aliphatic rings. The Kier molecular flexibility index (Phi) is 7.48. The number of nitrogens with zero attached hydrogens (tertiary/aromatic N) is 1. The summed E-state index contributed by atoms with van der Waals surface area (Å²) in [7, 11) is 1.80. The molecule has 14 heavy (non-hydrogen) atoms. The van der Waals surface area contributed by atoms with Crippen molar-refractivity contribution in [2.45, 2.75) is 52.1 Å². The number of unbranched alkanes of at least 4 members (excludes halogenated alkanes) is 2. The molecule has 0 spiro atoms. The van der Waals surface area contributed by atoms with Gasteiger partial charge in [0.25, 0.3) is 0 Å². The number of amides is 1. The highest BCUT2D eigenvalue weighted by Crippen LogP contribution is 2.03. The highest BCUT2D eigenvalue weighted by Gasteiger charge is 2.08. The summed E-state index contributed by atoms with van der Waals surface area (Å²) in [5.74, 6) is 0.194. The molecule has 0 aromatic heterocycles. The van der Waals surface area contributed by atoms with Crippen LogP contribution in [-0.2, 0) is 4.79 Å². The zero-order valence-corrected chi connectivity index (χ0v) is 9.62. The summed E-state index contributed by atoms with van der Waals surface area (Å²) in [6.45, 7) is 4.53. The minimum absolute atomic E-state index is 0.194. The quantitative estimate of drug-likeness (QED) is 0.638. The van der Waals surface area contributed by atoms with Crippen molar-refractivity contribution in [3.05, 3.63) is 0 Å². The van der Waals surface area contributed by atoms with Gasteiger partial charge in [-0.1, -0.05) is 19.8 Å². The van der Waals surface area contributed by atoms with Gasteiger partial charge < -0.3 is 10.0 Å². The minimum Gasteiger partial charge on any atom is -0.393 e. The first-order chi connectivity index (χ1) is 6.57. The van der Waals surface area contributed by atoms with E-state index < -0.39 is 0 Å². The second-order valence-electron chi connectivity index (χ2n) is 3.91. The molecule has 0 aliphatic carbocycles. The van der Waals surface area contributed by atoms with Gasteiger partial charge in [-0.3, -0.25) is 4.79 Å². The summed E-state index contributed by atoms with van der Waals surface area (Å²) in [6, 6.07) is 0. The third-order valence-electron chi connectivity index (χ3n) is 2.30. The van der Waals surface area contributed by atoms with Gasteiger partial charge in [-0.25, -0.2) is 0 Å². The molecular weight excluding hydrogens is 178 g/mol. The number of aliphatic hydroxyl groups excluding tert-OH is 1. The standard InChI is InChI=1S/C11H23NO2/c1-4-5-6-7-11(14)12(3)9-8-10(2)13/h10,13H,4-9H2,1-3H3. The Hall–Kier alpha value is -0.570. The van der Waals surface area contributed by atoms with E-state index in [2.05, 4.69) is 6.92 Å². The van der Waals surface area contributed by atoms with Crippen LogP contribution in [0.1, 0.15) is 46.0 Å². The summed E-state index contributed by atoms with van der Waals surface area (Å²) < 4.78 is 0. The first kappa shape index (κ1) is 13.4. The molecule has 0 rings (SSSR count). The second kappa shape index (κ2) is 7.80. The monoisotopic (exact) mass is 201 g/mol. The number of hydrogen-bond donors (Lipinski definition) is 1. The third-order valence-corrected chi connectivity index (χ3v) is 2.30. The predicted molar refractivity (Wildman–Crippen MR) is 58.1 cm³/mol. The van der Waals surface area contributed by atoms with Crippen LogP contribution in [0.15, 0.2) is 0 Å². The van der Waals surface area contributed by atoms with E-state index in [1.165, 1.54) is 0 Å². The zero-order valence-electron chi connectivity index (χ0n) is 9.62. The fourth-order valence-corrected chi connectivity index (χ4v) is 1.22. The molecule has 0 heterocycles. The Balaban J connectivity index is 3.54. The van der Waals surface area contributed by atoms with E-state index in [1.807, 2.05) is 0 Å². The van der Waals surface area contributed by atoms with E-state index in [1.54, 1.807) is 18.9 Å². The number of carbonyl (C=O) groups is 1. The van der Waals surface area contributed by atoms with Gasteiger partial charge in [0.2, 0.25) is 5.91 Å². The van der Waals surface area contributed by atoms with Crippen molar-refractivity contribution in [1.29, 1.82) is 0 Å². The van der Waals surface area contributed by atoms with Crippen LogP contribution in [0.3, 0.4) is 0 Å². The summed E-state index contributed by atoms with van der Waals surface area (Å²) in [5.41, 5.74) is 0. The van der Waals surface area contributed by atoms with Crippen LogP contribution in [-0.4, -0.2) is 35.6 Å². The van der Waals surface area contributed by atoms with Gasteiger partial charge >= 0.3 is 0 Å². The van der Waals surface area contributed by atoms with E-state index in [-0.39, 0.29) is 12.0 Å². The topological polar surface area (TPSA) is 40.5 Å². The first-order valence-electron chi connectivity index (χ1n) is 5.50. The lowest BCUT2D eigenvalue weighted by Crippen LogP contribution is -2.29. The molecule has 3 nitrogen and oxygen atoms in total. The van der Waals surface area contributed by atoms with Gasteiger partial charge in [-0.05, 0) is 19.8 Å². The Bertz CT molecular complexity index is 157. The van der Waals surface area contributed by atoms with Crippen LogP contribution in [0.2, 0.25) is 0 Å². The van der Waals surface area contributed by atoms with Crippen molar-refractivity contribution >= 4 is 5.91 Å². The molecule has 0 aliphatic heterocycles. The number of aliphatic hydroxyl groups is 1. The van der Waals surface area contributed by atoms with Crippen LogP contribution < -0.4 is 0 Å². The van der Waals surface area contributed by atoms with E-state index in [0.717, 1.165) is 19.3 Å². The number of carbonyl (C=O) groups excluding carboxylic acids is 1. The van der Waals surface area contributed by atoms with Crippen LogP contribution >= 0.6 is 0 Å². The minimum atomic E-state index is -0.319. The maximum atomic E-state index is 11.5. The van der Waals surface area contributed by atoms with Crippen LogP contribution in [0.25, 0.3) is 0 Å². The zero-order chi connectivity index (χ0) is 11.0. The maximum Gasteiger partial charge on any atom is 0.222 e. The molecule has 1 amide bonds. The Morgan fingerprint density at radius 2 is 2.07 bits per heavy atom. The number of hydrogen-bond acceptors (Lipinski definition) is 2. The van der Waals surface area contributed by atoms with Crippen molar-refractivity contribution in [2.75, 3.05) is 13.6 Å². The van der Waals surface area contributed by atoms with E-state index in [0.29, 0.717) is 19.4 Å². The average molecular weight is 201 g/mol. The smallest absolute Gasteiger partial charge is 0.222 e. The highest BCUT2D eigenvalue weighted by molar-refractivity contribution is 5.75. The van der Waals surface area contributed by atoms with Gasteiger partial charge in [0.05, 0.1) is 6.10 Å². The molecule has 3 heteroatoms. The fraction of sp³-hybridized carbons (Fsp3) is 0.909. The molecule has 0 radical (unpaired) electrons. The molecular formula is C11H23NO2. The van der Waals surface area contributed by atoms with Crippen molar-refractivity contribution < 1.29 is 9.90 Å². The lowest BCUT2D eigenvalue weighted by Gasteiger charge is -2.17. The SMILES string of the molecule is CCCCCC(=O)N(C)CCC(C)O. The Morgan fingerprint density at radius 1 is 1.43 bits per heavy atom. The molecule has 1 N–H and O–H groups in total. The van der Waals surface area contributed by atoms with Gasteiger partial charge in [-0.15, -0.1) is 0 Å². The van der Waals surface area contributed by atoms with Crippen molar-refractivity contribution in [1.82, 2.24) is 4.90 Å². The van der Waals surface area contributed by atoms with Crippen LogP contribution in [0.5, 0.6) is 0 Å². The molecule has 84 valence electrons. The first-order valence-corrected chi connectivity index (χ1v) is 5.50. The fourth-order valence-electron chi connectivity index (χ4n) is 1.22. The summed E-state index contributed by atoms with van der Waals surface area (Å²) in [4.78, 5) is 13.2. The number of rotatable bonds is 7. The molecule has 1 atom stereocenters. The maximum absolute atomic E-state index is 11.5. The van der Waals surface area contributed by atoms with Gasteiger partial charge in [0.15, 0.2) is 0 Å². The molecule has 0 aromatic rings. The molecule has 0 fully saturated rings. The largest absolute Gasteiger partial charge is 0.393 e. The van der Waals surface area contributed by atoms with Crippen molar-refractivity contribution in [2.24, 2.45) is 0 Å². The van der Waals surface area contributed by atoms with Gasteiger partial charge in [-0.2, -0.15) is 0 Å². The van der Waals surface area contributed by atoms with Gasteiger partial charge in [0.1, 0.15) is 0 Å². The molecule has 1 unspecified atom stereocenters. The molecule has 0 saturated carbocycles. The van der Waals surface area contributed by atoms with Crippen LogP contribution in [0, 0.1) is 0 Å². The van der Waals surface area contributed by atoms with Crippen molar-refractivity contribution in [3.63, 3.8) is 0 Å². The average Bonchev–Trinajstić information content (AvgIpc) is 2.14. The lowest BCUT2D eigenvalue weighted by atomic mass is 10.2.